The summed E-state index contributed by atoms with van der Waals surface area (Å²) in [6.07, 6.45) is 2.81. The smallest absolute Gasteiger partial charge is 0.387 e. The third kappa shape index (κ3) is 4.45. The Labute approximate surface area is 116 Å². The number of rotatable bonds is 4. The zero-order chi connectivity index (χ0) is 14.4. The van der Waals surface area contributed by atoms with Gasteiger partial charge in [-0.15, -0.1) is 0 Å². The summed E-state index contributed by atoms with van der Waals surface area (Å²) in [6, 6.07) is 5.97. The molecule has 0 saturated carbocycles. The summed E-state index contributed by atoms with van der Waals surface area (Å²) in [6.45, 7) is -1.05. The van der Waals surface area contributed by atoms with Crippen molar-refractivity contribution in [3.63, 3.8) is 0 Å². The van der Waals surface area contributed by atoms with Crippen molar-refractivity contribution in [2.24, 2.45) is 0 Å². The molecule has 0 aromatic heterocycles. The van der Waals surface area contributed by atoms with Gasteiger partial charge in [0.15, 0.2) is 0 Å². The molecule has 2 rings (SSSR count). The first-order chi connectivity index (χ1) is 9.65. The number of benzene rings is 1. The van der Waals surface area contributed by atoms with E-state index in [9.17, 15) is 13.6 Å². The number of carbonyl (C=O) groups is 1. The molecule has 1 aromatic carbocycles. The van der Waals surface area contributed by atoms with E-state index in [0.717, 1.165) is 32.4 Å². The number of carbonyl (C=O) groups excluding carboxylic acids is 1. The van der Waals surface area contributed by atoms with Gasteiger partial charge in [0.1, 0.15) is 5.75 Å². The lowest BCUT2D eigenvalue weighted by molar-refractivity contribution is -0.0498. The molecule has 0 bridgehead atoms. The standard InChI is InChI=1S/C14H18F2N2O2/c15-14(16)20-12-5-1-3-10(9-12)13(19)18-11-4-2-7-17-8-6-11/h1,3,5,9,11,14,17H,2,4,6-8H2,(H,18,19). The molecule has 1 saturated heterocycles. The molecule has 110 valence electrons. The molecule has 4 nitrogen and oxygen atoms in total. The van der Waals surface area contributed by atoms with E-state index in [2.05, 4.69) is 15.4 Å². The van der Waals surface area contributed by atoms with E-state index in [1.165, 1.54) is 18.2 Å². The van der Waals surface area contributed by atoms with Crippen molar-refractivity contribution in [3.05, 3.63) is 29.8 Å². The van der Waals surface area contributed by atoms with Gasteiger partial charge in [-0.1, -0.05) is 6.07 Å². The Kier molecular flexibility index (Phi) is 5.29. The van der Waals surface area contributed by atoms with Crippen LogP contribution in [0.1, 0.15) is 29.6 Å². The molecule has 0 radical (unpaired) electrons. The maximum Gasteiger partial charge on any atom is 0.387 e. The largest absolute Gasteiger partial charge is 0.435 e. The van der Waals surface area contributed by atoms with Crippen LogP contribution in [0.3, 0.4) is 0 Å². The van der Waals surface area contributed by atoms with E-state index in [1.807, 2.05) is 0 Å². The number of amides is 1. The maximum atomic E-state index is 12.1. The summed E-state index contributed by atoms with van der Waals surface area (Å²) in [7, 11) is 0. The zero-order valence-corrected chi connectivity index (χ0v) is 11.1. The van der Waals surface area contributed by atoms with E-state index >= 15 is 0 Å². The van der Waals surface area contributed by atoms with Crippen molar-refractivity contribution in [2.45, 2.75) is 31.9 Å². The van der Waals surface area contributed by atoms with E-state index in [4.69, 9.17) is 0 Å². The monoisotopic (exact) mass is 284 g/mol. The predicted octanol–water partition coefficient (Wildman–Crippen LogP) is 2.16. The van der Waals surface area contributed by atoms with Crippen molar-refractivity contribution in [3.8, 4) is 5.75 Å². The highest BCUT2D eigenvalue weighted by molar-refractivity contribution is 5.94. The molecule has 1 unspecified atom stereocenters. The lowest BCUT2D eigenvalue weighted by atomic mass is 10.1. The summed E-state index contributed by atoms with van der Waals surface area (Å²) >= 11 is 0. The average Bonchev–Trinajstić information content (AvgIpc) is 2.67. The van der Waals surface area contributed by atoms with Gasteiger partial charge in [-0.25, -0.2) is 0 Å². The third-order valence-electron chi connectivity index (χ3n) is 3.23. The first-order valence-corrected chi connectivity index (χ1v) is 6.71. The van der Waals surface area contributed by atoms with Gasteiger partial charge in [-0.3, -0.25) is 4.79 Å². The Morgan fingerprint density at radius 1 is 1.35 bits per heavy atom. The van der Waals surface area contributed by atoms with Crippen LogP contribution >= 0.6 is 0 Å². The van der Waals surface area contributed by atoms with Gasteiger partial charge < -0.3 is 15.4 Å². The molecular weight excluding hydrogens is 266 g/mol. The second-order valence-corrected chi connectivity index (χ2v) is 4.76. The molecular formula is C14H18F2N2O2. The van der Waals surface area contributed by atoms with Gasteiger partial charge in [0.05, 0.1) is 0 Å². The highest BCUT2D eigenvalue weighted by Crippen LogP contribution is 2.16. The van der Waals surface area contributed by atoms with Crippen LogP contribution < -0.4 is 15.4 Å². The van der Waals surface area contributed by atoms with E-state index in [0.29, 0.717) is 5.56 Å². The van der Waals surface area contributed by atoms with Crippen LogP contribution in [0.5, 0.6) is 5.75 Å². The lowest BCUT2D eigenvalue weighted by Crippen LogP contribution is -2.35. The van der Waals surface area contributed by atoms with Crippen LogP contribution in [0.4, 0.5) is 8.78 Å². The molecule has 6 heteroatoms. The van der Waals surface area contributed by atoms with Crippen LogP contribution in [-0.4, -0.2) is 31.7 Å². The number of nitrogens with one attached hydrogen (secondary N) is 2. The molecule has 0 aliphatic carbocycles. The van der Waals surface area contributed by atoms with Gasteiger partial charge in [-0.2, -0.15) is 8.78 Å². The molecule has 1 aromatic rings. The number of alkyl halides is 2. The molecule has 1 aliphatic rings. The molecule has 1 atom stereocenters. The molecule has 2 N–H and O–H groups in total. The lowest BCUT2D eigenvalue weighted by Gasteiger charge is -2.16. The summed E-state index contributed by atoms with van der Waals surface area (Å²) < 4.78 is 28.6. The predicted molar refractivity (Wildman–Crippen MR) is 71.0 cm³/mol. The SMILES string of the molecule is O=C(NC1CCCNCC1)c1cccc(OC(F)F)c1. The first-order valence-electron chi connectivity index (χ1n) is 6.71. The Morgan fingerprint density at radius 3 is 3.00 bits per heavy atom. The molecule has 20 heavy (non-hydrogen) atoms. The van der Waals surface area contributed by atoms with Gasteiger partial charge in [0, 0.05) is 11.6 Å². The van der Waals surface area contributed by atoms with Crippen LogP contribution in [0.2, 0.25) is 0 Å². The Balaban J connectivity index is 1.97. The highest BCUT2D eigenvalue weighted by Gasteiger charge is 2.16. The zero-order valence-electron chi connectivity index (χ0n) is 11.1. The molecule has 1 fully saturated rings. The van der Waals surface area contributed by atoms with Crippen LogP contribution in [0.15, 0.2) is 24.3 Å². The number of hydrogen-bond acceptors (Lipinski definition) is 3. The summed E-state index contributed by atoms with van der Waals surface area (Å²) in [4.78, 5) is 12.1. The fourth-order valence-corrected chi connectivity index (χ4v) is 2.25. The molecule has 0 spiro atoms. The van der Waals surface area contributed by atoms with Crippen LogP contribution in [0, 0.1) is 0 Å². The van der Waals surface area contributed by atoms with Crippen molar-refractivity contribution in [2.75, 3.05) is 13.1 Å². The van der Waals surface area contributed by atoms with Gasteiger partial charge >= 0.3 is 6.61 Å². The first kappa shape index (κ1) is 14.7. The Hall–Kier alpha value is -1.69. The normalized spacial score (nSPS) is 19.4. The summed E-state index contributed by atoms with van der Waals surface area (Å²) in [5, 5.41) is 6.20. The summed E-state index contributed by atoms with van der Waals surface area (Å²) in [5.41, 5.74) is 0.334. The third-order valence-corrected chi connectivity index (χ3v) is 3.23. The van der Waals surface area contributed by atoms with Crippen molar-refractivity contribution in [1.82, 2.24) is 10.6 Å². The van der Waals surface area contributed by atoms with Crippen LogP contribution in [0.25, 0.3) is 0 Å². The van der Waals surface area contributed by atoms with E-state index in [-0.39, 0.29) is 17.7 Å². The average molecular weight is 284 g/mol. The minimum atomic E-state index is -2.89. The fraction of sp³-hybridized carbons (Fsp3) is 0.500. The Bertz CT molecular complexity index is 447. The summed E-state index contributed by atoms with van der Waals surface area (Å²) in [5.74, 6) is -0.258. The second-order valence-electron chi connectivity index (χ2n) is 4.76. The minimum absolute atomic E-state index is 0.00446. The number of ether oxygens (including phenoxy) is 1. The number of hydrogen-bond donors (Lipinski definition) is 2. The quantitative estimate of drug-likeness (QED) is 0.891. The van der Waals surface area contributed by atoms with Crippen molar-refractivity contribution >= 4 is 5.91 Å². The van der Waals surface area contributed by atoms with Crippen molar-refractivity contribution < 1.29 is 18.3 Å². The minimum Gasteiger partial charge on any atom is -0.435 e. The molecule has 1 amide bonds. The van der Waals surface area contributed by atoms with Crippen molar-refractivity contribution in [1.29, 1.82) is 0 Å². The van der Waals surface area contributed by atoms with E-state index in [1.54, 1.807) is 6.07 Å². The maximum absolute atomic E-state index is 12.1. The second kappa shape index (κ2) is 7.19. The number of halogens is 2. The Morgan fingerprint density at radius 2 is 2.20 bits per heavy atom. The topological polar surface area (TPSA) is 50.4 Å². The van der Waals surface area contributed by atoms with Gasteiger partial charge in [0.25, 0.3) is 5.91 Å². The van der Waals surface area contributed by atoms with Crippen LogP contribution in [-0.2, 0) is 0 Å². The van der Waals surface area contributed by atoms with E-state index < -0.39 is 6.61 Å². The van der Waals surface area contributed by atoms with Gasteiger partial charge in [-0.05, 0) is 50.6 Å². The van der Waals surface area contributed by atoms with Gasteiger partial charge in [0.2, 0.25) is 0 Å². The molecule has 1 heterocycles. The molecule has 1 aliphatic heterocycles. The fourth-order valence-electron chi connectivity index (χ4n) is 2.25. The highest BCUT2D eigenvalue weighted by atomic mass is 19.3.